The number of piperazine rings is 1. The van der Waals surface area contributed by atoms with Crippen LogP contribution in [0.5, 0.6) is 5.88 Å². The SMILES string of the molecule is Cc1cc2cc(n1)-c1cnn(C)c1OCCC[C@@H](C)CN1/C(=N/C2O)Nc2ccc(C(=O)N3CCN(CCCc4cc(F)c([C@H]5CCC(=O)NC5=O)c(F)c4)CC3)cc21. The fraction of sp³-hybridized carbons (Fsp3) is 0.442. The van der Waals surface area contributed by atoms with Crippen LogP contribution < -0.4 is 20.3 Å². The average Bonchev–Trinajstić information content (AvgIpc) is 3.74. The number of nitrogens with zero attached hydrogens (tertiary/aromatic N) is 7. The van der Waals surface area contributed by atoms with E-state index in [1.807, 2.05) is 54.1 Å². The van der Waals surface area contributed by atoms with Gasteiger partial charge in [0.05, 0.1) is 41.4 Å². The predicted octanol–water partition coefficient (Wildman–Crippen LogP) is 5.07. The second-order valence-corrected chi connectivity index (χ2v) is 16.0. The Labute approximate surface area is 341 Å². The number of anilines is 2. The third-order valence-electron chi connectivity index (χ3n) is 11.6. The summed E-state index contributed by atoms with van der Waals surface area (Å²) in [4.78, 5) is 53.3. The Kier molecular flexibility index (Phi) is 11.4. The van der Waals surface area contributed by atoms with Gasteiger partial charge in [-0.2, -0.15) is 5.10 Å². The highest BCUT2D eigenvalue weighted by Crippen LogP contribution is 2.37. The second kappa shape index (κ2) is 16.9. The lowest BCUT2D eigenvalue weighted by Crippen LogP contribution is -2.48. The van der Waals surface area contributed by atoms with Crippen molar-refractivity contribution >= 4 is 35.1 Å². The number of aromatic nitrogens is 3. The average molecular weight is 810 g/mol. The molecule has 1 unspecified atom stereocenters. The minimum absolute atomic E-state index is 0.0430. The molecule has 16 heteroatoms. The fourth-order valence-electron chi connectivity index (χ4n) is 8.48. The summed E-state index contributed by atoms with van der Waals surface area (Å²) in [5, 5.41) is 21.5. The first-order chi connectivity index (χ1) is 28.4. The topological polar surface area (TPSA) is 158 Å². The van der Waals surface area contributed by atoms with E-state index in [-0.39, 0.29) is 30.2 Å². The van der Waals surface area contributed by atoms with Gasteiger partial charge in [0, 0.05) is 68.6 Å². The van der Waals surface area contributed by atoms with Crippen molar-refractivity contribution in [2.45, 2.75) is 64.5 Å². The summed E-state index contributed by atoms with van der Waals surface area (Å²) in [6.07, 6.45) is 3.44. The number of carbonyl (C=O) groups excluding carboxylic acids is 3. The van der Waals surface area contributed by atoms with E-state index in [2.05, 4.69) is 27.6 Å². The van der Waals surface area contributed by atoms with E-state index >= 15 is 8.78 Å². The molecule has 0 spiro atoms. The van der Waals surface area contributed by atoms with Gasteiger partial charge in [-0.3, -0.25) is 29.6 Å². The van der Waals surface area contributed by atoms with Gasteiger partial charge in [-0.15, -0.1) is 0 Å². The van der Waals surface area contributed by atoms with Crippen LogP contribution in [0.25, 0.3) is 11.3 Å². The van der Waals surface area contributed by atoms with Gasteiger partial charge in [-0.1, -0.05) is 6.92 Å². The number of aliphatic hydroxyl groups excluding tert-OH is 1. The lowest BCUT2D eigenvalue weighted by molar-refractivity contribution is -0.134. The number of rotatable bonds is 6. The fourth-order valence-corrected chi connectivity index (χ4v) is 8.48. The van der Waals surface area contributed by atoms with Crippen LogP contribution >= 0.6 is 0 Å². The van der Waals surface area contributed by atoms with Crippen molar-refractivity contribution in [3.63, 3.8) is 0 Å². The molecule has 4 aliphatic rings. The van der Waals surface area contributed by atoms with Crippen molar-refractivity contribution in [1.82, 2.24) is 29.9 Å². The number of fused-ring (bicyclic) bond motifs is 7. The van der Waals surface area contributed by atoms with Crippen LogP contribution in [-0.2, 0) is 23.1 Å². The summed E-state index contributed by atoms with van der Waals surface area (Å²) < 4.78 is 38.0. The highest BCUT2D eigenvalue weighted by Gasteiger charge is 2.33. The molecule has 3 atom stereocenters. The zero-order valence-corrected chi connectivity index (χ0v) is 33.5. The number of imide groups is 1. The number of pyridine rings is 1. The van der Waals surface area contributed by atoms with Gasteiger partial charge in [0.25, 0.3) is 5.91 Å². The molecule has 8 rings (SSSR count). The Balaban J connectivity index is 0.913. The van der Waals surface area contributed by atoms with Crippen LogP contribution in [0.3, 0.4) is 0 Å². The Morgan fingerprint density at radius 1 is 1.02 bits per heavy atom. The van der Waals surface area contributed by atoms with Crippen LogP contribution in [0.2, 0.25) is 0 Å². The van der Waals surface area contributed by atoms with Gasteiger partial charge in [0.15, 0.2) is 6.23 Å². The van der Waals surface area contributed by atoms with Gasteiger partial charge >= 0.3 is 0 Å². The number of guanidine groups is 1. The van der Waals surface area contributed by atoms with Crippen molar-refractivity contribution < 1.29 is 33.0 Å². The summed E-state index contributed by atoms with van der Waals surface area (Å²) in [5.74, 6) is -2.41. The molecule has 3 N–H and O–H groups in total. The minimum atomic E-state index is -1.19. The van der Waals surface area contributed by atoms with E-state index in [0.717, 1.165) is 35.5 Å². The predicted molar refractivity (Wildman–Crippen MR) is 217 cm³/mol. The van der Waals surface area contributed by atoms with Crippen molar-refractivity contribution in [2.24, 2.45) is 18.0 Å². The lowest BCUT2D eigenvalue weighted by Gasteiger charge is -2.35. The molecule has 0 saturated carbocycles. The number of carbonyl (C=O) groups is 3. The first-order valence-corrected chi connectivity index (χ1v) is 20.3. The van der Waals surface area contributed by atoms with E-state index in [0.29, 0.717) is 92.9 Å². The summed E-state index contributed by atoms with van der Waals surface area (Å²) in [6.45, 7) is 8.23. The Morgan fingerprint density at radius 2 is 1.80 bits per heavy atom. The first-order valence-electron chi connectivity index (χ1n) is 20.3. The maximum absolute atomic E-state index is 15.0. The number of hydrogen-bond donors (Lipinski definition) is 3. The normalized spacial score (nSPS) is 22.1. The molecule has 2 aromatic heterocycles. The van der Waals surface area contributed by atoms with E-state index in [4.69, 9.17) is 14.7 Å². The molecular weight excluding hydrogens is 761 g/mol. The first kappa shape index (κ1) is 40.1. The summed E-state index contributed by atoms with van der Waals surface area (Å²) >= 11 is 0. The van der Waals surface area contributed by atoms with Gasteiger partial charge in [-0.05, 0) is 99.5 Å². The van der Waals surface area contributed by atoms with E-state index in [9.17, 15) is 19.5 Å². The van der Waals surface area contributed by atoms with Crippen LogP contribution in [-0.4, -0.2) is 99.2 Å². The molecule has 4 aromatic rings. The number of hydrogen-bond acceptors (Lipinski definition) is 11. The molecule has 14 nitrogen and oxygen atoms in total. The molecule has 2 bridgehead atoms. The number of nitrogens with one attached hydrogen (secondary N) is 2. The van der Waals surface area contributed by atoms with Crippen LogP contribution in [0.15, 0.2) is 53.7 Å². The maximum Gasteiger partial charge on any atom is 0.254 e. The molecule has 59 heavy (non-hydrogen) atoms. The summed E-state index contributed by atoms with van der Waals surface area (Å²) in [6, 6.07) is 11.8. The molecule has 310 valence electrons. The van der Waals surface area contributed by atoms with Crippen molar-refractivity contribution in [3.8, 4) is 17.1 Å². The number of benzene rings is 2. The highest BCUT2D eigenvalue weighted by atomic mass is 19.1. The number of aryl methyl sites for hydroxylation is 3. The van der Waals surface area contributed by atoms with Crippen LogP contribution in [0, 0.1) is 24.5 Å². The third-order valence-corrected chi connectivity index (χ3v) is 11.6. The highest BCUT2D eigenvalue weighted by molar-refractivity contribution is 6.15. The van der Waals surface area contributed by atoms with E-state index in [1.165, 1.54) is 12.1 Å². The number of amides is 3. The molecular formula is C43H49F2N9O5. The van der Waals surface area contributed by atoms with Crippen LogP contribution in [0.4, 0.5) is 20.2 Å². The molecule has 3 amide bonds. The van der Waals surface area contributed by atoms with Gasteiger partial charge in [0.1, 0.15) is 11.6 Å². The molecule has 6 heterocycles. The number of halogens is 2. The standard InChI is InChI=1S/C43H49F2N9O5/c1-25-6-5-17-59-42-31(23-46-51(42)3)35-21-29(18-26(2)47-35)39(56)50-43-48-34-10-8-28(22-36(34)54(43)24-25)41(58)53-15-13-52(14-16-53)12-4-7-27-19-32(44)38(33(45)20-27)30-9-11-37(55)49-40(30)57/h8,10,18-23,25,30,39,56H,4-7,9,11-17,24H2,1-3H3,(H,48,50)(H,49,55,57)/t25-,30-,39?/m1/s1. The monoisotopic (exact) mass is 809 g/mol. The molecule has 0 radical (unpaired) electrons. The Bertz CT molecular complexity index is 2280. The maximum atomic E-state index is 15.0. The van der Waals surface area contributed by atoms with Crippen molar-refractivity contribution in [2.75, 3.05) is 56.1 Å². The molecule has 2 fully saturated rings. The van der Waals surface area contributed by atoms with Crippen molar-refractivity contribution in [1.29, 1.82) is 0 Å². The molecule has 2 saturated heterocycles. The zero-order valence-electron chi connectivity index (χ0n) is 33.5. The molecule has 2 aromatic carbocycles. The quantitative estimate of drug-likeness (QED) is 0.225. The van der Waals surface area contributed by atoms with Gasteiger partial charge in [0.2, 0.25) is 23.7 Å². The third kappa shape index (κ3) is 8.55. The second-order valence-electron chi connectivity index (χ2n) is 16.0. The van der Waals surface area contributed by atoms with E-state index < -0.39 is 35.6 Å². The molecule has 0 aliphatic carbocycles. The van der Waals surface area contributed by atoms with Gasteiger partial charge in [-0.25, -0.2) is 18.5 Å². The zero-order chi connectivity index (χ0) is 41.4. The number of ether oxygens (including phenoxy) is 1. The largest absolute Gasteiger partial charge is 0.477 e. The number of aliphatic hydroxyl groups is 1. The van der Waals surface area contributed by atoms with Gasteiger partial charge < -0.3 is 25.0 Å². The summed E-state index contributed by atoms with van der Waals surface area (Å²) in [5.41, 5.74) is 5.07. The Morgan fingerprint density at radius 3 is 2.56 bits per heavy atom. The van der Waals surface area contributed by atoms with Crippen molar-refractivity contribution in [3.05, 3.63) is 88.2 Å². The molecule has 4 aliphatic heterocycles. The number of piperidine rings is 1. The summed E-state index contributed by atoms with van der Waals surface area (Å²) in [7, 11) is 1.83. The Hall–Kier alpha value is -5.74. The smallest absolute Gasteiger partial charge is 0.254 e. The number of aliphatic imine (C=N–C) groups is 1. The minimum Gasteiger partial charge on any atom is -0.477 e. The lowest BCUT2D eigenvalue weighted by atomic mass is 9.88. The van der Waals surface area contributed by atoms with E-state index in [1.54, 1.807) is 10.9 Å². The van der Waals surface area contributed by atoms with Crippen LogP contribution in [0.1, 0.15) is 83.9 Å².